The predicted molar refractivity (Wildman–Crippen MR) is 135 cm³/mol. The number of hydrogen-bond acceptors (Lipinski definition) is 6. The molecule has 11 heteroatoms. The second kappa shape index (κ2) is 9.81. The molecular weight excluding hydrogens is 460 g/mol. The summed E-state index contributed by atoms with van der Waals surface area (Å²) >= 11 is 0. The monoisotopic (exact) mass is 487 g/mol. The molecule has 3 aliphatic heterocycles. The van der Waals surface area contributed by atoms with Crippen LogP contribution in [0, 0.1) is 0 Å². The average molecular weight is 487 g/mol. The highest BCUT2D eigenvalue weighted by Gasteiger charge is 2.40. The molecule has 2 fully saturated rings. The van der Waals surface area contributed by atoms with E-state index in [1.54, 1.807) is 12.1 Å². The molecule has 2 aromatic carbocycles. The van der Waals surface area contributed by atoms with Crippen LogP contribution in [0.25, 0.3) is 0 Å². The van der Waals surface area contributed by atoms with E-state index < -0.39 is 11.9 Å². The highest BCUT2D eigenvalue weighted by molar-refractivity contribution is 6.33. The minimum atomic E-state index is -0.662. The standard InChI is InChI=1S/C25H27B2N3O6/c26-18-10-14(23(27)29-8-9-35-13-22(29)32)4-5-15(18)12-36-20-3-1-2-16-17(20)11-30(25(16)34)19-6-7-21(31)28-24(19)33/h1-5,10,19,23H,6-9,11-13,26-27H2,(H,28,31,33). The van der Waals surface area contributed by atoms with Gasteiger partial charge in [-0.25, -0.2) is 0 Å². The highest BCUT2D eigenvalue weighted by Crippen LogP contribution is 2.34. The summed E-state index contributed by atoms with van der Waals surface area (Å²) in [5.41, 5.74) is 4.38. The molecule has 0 aliphatic carbocycles. The van der Waals surface area contributed by atoms with Gasteiger partial charge in [0, 0.05) is 30.0 Å². The molecule has 5 rings (SSSR count). The van der Waals surface area contributed by atoms with Crippen molar-refractivity contribution in [2.45, 2.75) is 38.0 Å². The van der Waals surface area contributed by atoms with Crippen LogP contribution in [0.3, 0.4) is 0 Å². The van der Waals surface area contributed by atoms with E-state index in [1.807, 2.05) is 38.8 Å². The number of carbonyl (C=O) groups excluding carboxylic acids is 4. The molecule has 2 saturated heterocycles. The van der Waals surface area contributed by atoms with Crippen LogP contribution in [0.4, 0.5) is 0 Å². The minimum absolute atomic E-state index is 0.00218. The van der Waals surface area contributed by atoms with Gasteiger partial charge in [0.25, 0.3) is 5.91 Å². The third-order valence-electron chi connectivity index (χ3n) is 7.26. The van der Waals surface area contributed by atoms with E-state index in [1.165, 1.54) is 4.90 Å². The Morgan fingerprint density at radius 2 is 2.00 bits per heavy atom. The number of benzene rings is 2. The molecule has 2 atom stereocenters. The number of ether oxygens (including phenoxy) is 2. The van der Waals surface area contributed by atoms with Crippen molar-refractivity contribution in [2.24, 2.45) is 0 Å². The molecule has 0 radical (unpaired) electrons. The Morgan fingerprint density at radius 3 is 2.75 bits per heavy atom. The number of piperidine rings is 1. The zero-order chi connectivity index (χ0) is 25.4. The summed E-state index contributed by atoms with van der Waals surface area (Å²) in [6, 6.07) is 10.8. The number of rotatable bonds is 6. The maximum atomic E-state index is 13.0. The van der Waals surface area contributed by atoms with Gasteiger partial charge in [0.05, 0.1) is 13.2 Å². The molecule has 3 aliphatic rings. The van der Waals surface area contributed by atoms with E-state index in [0.717, 1.165) is 22.2 Å². The Labute approximate surface area is 210 Å². The molecule has 3 heterocycles. The highest BCUT2D eigenvalue weighted by atomic mass is 16.5. The Morgan fingerprint density at radius 1 is 1.17 bits per heavy atom. The normalized spacial score (nSPS) is 20.8. The van der Waals surface area contributed by atoms with Crippen molar-refractivity contribution in [3.05, 3.63) is 58.7 Å². The van der Waals surface area contributed by atoms with E-state index in [4.69, 9.17) is 9.47 Å². The lowest BCUT2D eigenvalue weighted by molar-refractivity contribution is -0.143. The Bertz CT molecular complexity index is 1250. The Hall–Kier alpha value is -3.59. The second-order valence-corrected chi connectivity index (χ2v) is 9.47. The van der Waals surface area contributed by atoms with Crippen molar-refractivity contribution in [3.63, 3.8) is 0 Å². The number of carbonyl (C=O) groups is 4. The first-order chi connectivity index (χ1) is 17.3. The molecule has 0 bridgehead atoms. The molecule has 1 N–H and O–H groups in total. The van der Waals surface area contributed by atoms with Crippen molar-refractivity contribution >= 4 is 44.8 Å². The van der Waals surface area contributed by atoms with Gasteiger partial charge < -0.3 is 19.3 Å². The topological polar surface area (TPSA) is 105 Å². The summed E-state index contributed by atoms with van der Waals surface area (Å²) in [6.45, 7) is 1.84. The number of imide groups is 1. The number of fused-ring (bicyclic) bond motifs is 1. The first kappa shape index (κ1) is 24.1. The molecule has 9 nitrogen and oxygen atoms in total. The van der Waals surface area contributed by atoms with Crippen LogP contribution >= 0.6 is 0 Å². The third-order valence-corrected chi connectivity index (χ3v) is 7.26. The van der Waals surface area contributed by atoms with E-state index in [9.17, 15) is 19.2 Å². The van der Waals surface area contributed by atoms with Crippen molar-refractivity contribution in [2.75, 3.05) is 19.8 Å². The molecule has 2 aromatic rings. The van der Waals surface area contributed by atoms with E-state index in [2.05, 4.69) is 11.4 Å². The first-order valence-electron chi connectivity index (χ1n) is 12.2. The smallest absolute Gasteiger partial charge is 0.255 e. The van der Waals surface area contributed by atoms with Crippen molar-refractivity contribution in [1.29, 1.82) is 0 Å². The van der Waals surface area contributed by atoms with Gasteiger partial charge in [-0.1, -0.05) is 29.7 Å². The van der Waals surface area contributed by atoms with E-state index >= 15 is 0 Å². The van der Waals surface area contributed by atoms with Gasteiger partial charge in [0.2, 0.25) is 17.7 Å². The summed E-state index contributed by atoms with van der Waals surface area (Å²) in [5, 5.41) is 2.33. The van der Waals surface area contributed by atoms with Crippen molar-refractivity contribution < 1.29 is 28.7 Å². The van der Waals surface area contributed by atoms with Crippen LogP contribution in [-0.4, -0.2) is 74.9 Å². The molecule has 0 spiro atoms. The van der Waals surface area contributed by atoms with Crippen LogP contribution in [-0.2, 0) is 32.3 Å². The fourth-order valence-corrected chi connectivity index (χ4v) is 5.11. The fourth-order valence-electron chi connectivity index (χ4n) is 5.11. The number of morpholine rings is 1. The zero-order valence-electron chi connectivity index (χ0n) is 20.4. The van der Waals surface area contributed by atoms with Crippen LogP contribution in [0.5, 0.6) is 5.75 Å². The first-order valence-corrected chi connectivity index (χ1v) is 12.2. The predicted octanol–water partition coefficient (Wildman–Crippen LogP) is -1.22. The van der Waals surface area contributed by atoms with Gasteiger partial charge in [-0.05, 0) is 29.7 Å². The van der Waals surface area contributed by atoms with Gasteiger partial charge in [0.15, 0.2) is 0 Å². The van der Waals surface area contributed by atoms with Crippen LogP contribution in [0.1, 0.15) is 45.8 Å². The number of nitrogens with one attached hydrogen (secondary N) is 1. The minimum Gasteiger partial charge on any atom is -0.489 e. The SMILES string of the molecule is Bc1cc(C(B)N2CCOCC2=O)ccc1COc1cccc2c1CN(C1CCC(=O)NC1=O)C2=O. The molecule has 36 heavy (non-hydrogen) atoms. The fraction of sp³-hybridized carbons (Fsp3) is 0.360. The maximum Gasteiger partial charge on any atom is 0.255 e. The van der Waals surface area contributed by atoms with Gasteiger partial charge in [-0.2, -0.15) is 0 Å². The van der Waals surface area contributed by atoms with Crippen LogP contribution in [0.15, 0.2) is 36.4 Å². The molecule has 0 saturated carbocycles. The largest absolute Gasteiger partial charge is 0.489 e. The third kappa shape index (κ3) is 4.51. The second-order valence-electron chi connectivity index (χ2n) is 9.47. The summed E-state index contributed by atoms with van der Waals surface area (Å²) in [7, 11) is 4.03. The molecule has 0 aromatic heterocycles. The lowest BCUT2D eigenvalue weighted by atomic mass is 9.81. The lowest BCUT2D eigenvalue weighted by Gasteiger charge is -2.33. The van der Waals surface area contributed by atoms with E-state index in [0.29, 0.717) is 37.5 Å². The van der Waals surface area contributed by atoms with Gasteiger partial charge in [0.1, 0.15) is 40.7 Å². The van der Waals surface area contributed by atoms with Crippen molar-refractivity contribution in [1.82, 2.24) is 15.1 Å². The Balaban J connectivity index is 1.28. The van der Waals surface area contributed by atoms with Gasteiger partial charge in [-0.15, -0.1) is 0 Å². The van der Waals surface area contributed by atoms with Crippen LogP contribution < -0.4 is 15.5 Å². The zero-order valence-corrected chi connectivity index (χ0v) is 20.4. The Kier molecular flexibility index (Phi) is 6.57. The number of hydrogen-bond donors (Lipinski definition) is 1. The summed E-state index contributed by atoms with van der Waals surface area (Å²) < 4.78 is 11.4. The quantitative estimate of drug-likeness (QED) is 0.405. The molecular formula is C25H27B2N3O6. The van der Waals surface area contributed by atoms with E-state index in [-0.39, 0.29) is 43.2 Å². The number of amides is 4. The maximum absolute atomic E-state index is 13.0. The van der Waals surface area contributed by atoms with Crippen LogP contribution in [0.2, 0.25) is 0 Å². The summed E-state index contributed by atoms with van der Waals surface area (Å²) in [5.74, 6) is -0.409. The van der Waals surface area contributed by atoms with Gasteiger partial charge >= 0.3 is 0 Å². The molecule has 4 amide bonds. The summed E-state index contributed by atoms with van der Waals surface area (Å²) in [6.07, 6.45) is 0.536. The molecule has 2 unspecified atom stereocenters. The number of nitrogens with zero attached hydrogens (tertiary/aromatic N) is 2. The van der Waals surface area contributed by atoms with Crippen molar-refractivity contribution in [3.8, 4) is 5.75 Å². The molecule has 184 valence electrons. The summed E-state index contributed by atoms with van der Waals surface area (Å²) in [4.78, 5) is 52.4. The lowest BCUT2D eigenvalue weighted by Crippen LogP contribution is -2.52. The average Bonchev–Trinajstić information content (AvgIpc) is 3.20. The van der Waals surface area contributed by atoms with Gasteiger partial charge in [-0.3, -0.25) is 24.5 Å².